The fraction of sp³-hybridized carbons (Fsp3) is 0.938. The zero-order chi connectivity index (χ0) is 14.7. The van der Waals surface area contributed by atoms with E-state index in [-0.39, 0.29) is 6.04 Å². The first-order valence-electron chi connectivity index (χ1n) is 7.95. The molecule has 1 N–H and O–H groups in total. The Labute approximate surface area is 120 Å². The number of nitrogens with one attached hydrogen (secondary N) is 1. The van der Waals surface area contributed by atoms with Gasteiger partial charge in [0.05, 0.1) is 12.1 Å². The Bertz CT molecular complexity index is 241. The van der Waals surface area contributed by atoms with Crippen molar-refractivity contribution in [3.05, 3.63) is 0 Å². The van der Waals surface area contributed by atoms with Gasteiger partial charge in [0.25, 0.3) is 0 Å². The van der Waals surface area contributed by atoms with Crippen LogP contribution < -0.4 is 5.32 Å². The van der Waals surface area contributed by atoms with Gasteiger partial charge in [-0.2, -0.15) is 5.26 Å². The fourth-order valence-corrected chi connectivity index (χ4v) is 2.52. The molecule has 0 aliphatic carbocycles. The highest BCUT2D eigenvalue weighted by atomic mass is 15.2. The van der Waals surface area contributed by atoms with Crippen molar-refractivity contribution in [1.82, 2.24) is 10.2 Å². The van der Waals surface area contributed by atoms with Crippen molar-refractivity contribution in [1.29, 1.82) is 5.26 Å². The van der Waals surface area contributed by atoms with Crippen LogP contribution in [0.1, 0.15) is 60.3 Å². The van der Waals surface area contributed by atoms with Crippen LogP contribution in [0.3, 0.4) is 0 Å². The van der Waals surface area contributed by atoms with Crippen LogP contribution in [0.25, 0.3) is 0 Å². The van der Waals surface area contributed by atoms with Gasteiger partial charge < -0.3 is 10.2 Å². The first-order valence-corrected chi connectivity index (χ1v) is 7.95. The normalized spacial score (nSPS) is 13.2. The van der Waals surface area contributed by atoms with Crippen molar-refractivity contribution in [2.75, 3.05) is 19.6 Å². The van der Waals surface area contributed by atoms with Gasteiger partial charge in [0, 0.05) is 19.1 Å². The summed E-state index contributed by atoms with van der Waals surface area (Å²) in [5.74, 6) is 0.685. The lowest BCUT2D eigenvalue weighted by atomic mass is 10.1. The third-order valence-electron chi connectivity index (χ3n) is 3.56. The molecule has 0 rings (SSSR count). The Morgan fingerprint density at radius 3 is 2.21 bits per heavy atom. The maximum atomic E-state index is 9.17. The molecular formula is C16H33N3. The Balaban J connectivity index is 4.34. The molecule has 3 nitrogen and oxygen atoms in total. The van der Waals surface area contributed by atoms with Crippen LogP contribution >= 0.6 is 0 Å². The van der Waals surface area contributed by atoms with E-state index < -0.39 is 0 Å². The van der Waals surface area contributed by atoms with E-state index in [0.29, 0.717) is 12.0 Å². The molecule has 0 aromatic carbocycles. The monoisotopic (exact) mass is 267 g/mol. The van der Waals surface area contributed by atoms with E-state index in [9.17, 15) is 0 Å². The van der Waals surface area contributed by atoms with Crippen LogP contribution in [0.2, 0.25) is 0 Å². The highest BCUT2D eigenvalue weighted by Gasteiger charge is 2.17. The summed E-state index contributed by atoms with van der Waals surface area (Å²) < 4.78 is 0. The van der Waals surface area contributed by atoms with Crippen molar-refractivity contribution < 1.29 is 0 Å². The topological polar surface area (TPSA) is 39.1 Å². The summed E-state index contributed by atoms with van der Waals surface area (Å²) in [4.78, 5) is 2.57. The van der Waals surface area contributed by atoms with E-state index >= 15 is 0 Å². The number of rotatable bonds is 11. The predicted octanol–water partition coefficient (Wildman–Crippen LogP) is 3.41. The molecule has 0 aliphatic rings. The molecule has 0 heterocycles. The van der Waals surface area contributed by atoms with Gasteiger partial charge in [0.15, 0.2) is 0 Å². The summed E-state index contributed by atoms with van der Waals surface area (Å²) >= 11 is 0. The number of nitrogens with zero attached hydrogens (tertiary/aromatic N) is 2. The van der Waals surface area contributed by atoms with Crippen LogP contribution in [0.4, 0.5) is 0 Å². The summed E-state index contributed by atoms with van der Waals surface area (Å²) in [5, 5.41) is 12.5. The molecular weight excluding hydrogens is 234 g/mol. The highest BCUT2D eigenvalue weighted by Crippen LogP contribution is 2.12. The summed E-state index contributed by atoms with van der Waals surface area (Å²) in [7, 11) is 0. The first kappa shape index (κ1) is 18.4. The van der Waals surface area contributed by atoms with Gasteiger partial charge in [-0.1, -0.05) is 34.6 Å². The van der Waals surface area contributed by atoms with Crippen molar-refractivity contribution in [2.24, 2.45) is 5.92 Å². The second kappa shape index (κ2) is 11.3. The Morgan fingerprint density at radius 1 is 1.16 bits per heavy atom. The minimum absolute atomic E-state index is 0.00368. The van der Waals surface area contributed by atoms with Crippen LogP contribution in [0.5, 0.6) is 0 Å². The third-order valence-corrected chi connectivity index (χ3v) is 3.56. The number of nitriles is 1. The van der Waals surface area contributed by atoms with Gasteiger partial charge >= 0.3 is 0 Å². The second-order valence-electron chi connectivity index (χ2n) is 5.78. The van der Waals surface area contributed by atoms with E-state index in [0.717, 1.165) is 32.5 Å². The molecule has 112 valence electrons. The van der Waals surface area contributed by atoms with Crippen LogP contribution in [0, 0.1) is 17.2 Å². The first-order chi connectivity index (χ1) is 9.08. The van der Waals surface area contributed by atoms with Crippen LogP contribution in [0.15, 0.2) is 0 Å². The minimum atomic E-state index is 0.00368. The molecule has 0 bridgehead atoms. The van der Waals surface area contributed by atoms with Gasteiger partial charge in [0.1, 0.15) is 0 Å². The molecule has 0 aromatic heterocycles. The van der Waals surface area contributed by atoms with E-state index in [1.807, 2.05) is 0 Å². The quantitative estimate of drug-likeness (QED) is 0.623. The average Bonchev–Trinajstić information content (AvgIpc) is 2.39. The van der Waals surface area contributed by atoms with Crippen LogP contribution in [-0.4, -0.2) is 36.6 Å². The molecule has 0 spiro atoms. The molecule has 19 heavy (non-hydrogen) atoms. The van der Waals surface area contributed by atoms with E-state index in [1.54, 1.807) is 0 Å². The SMILES string of the molecule is CCCNC(C#N)CCN(CC(C)C)C(CC)CC. The maximum absolute atomic E-state index is 9.17. The summed E-state index contributed by atoms with van der Waals surface area (Å²) in [6, 6.07) is 3.05. The molecule has 0 fully saturated rings. The third kappa shape index (κ3) is 8.23. The zero-order valence-corrected chi connectivity index (χ0v) is 13.6. The van der Waals surface area contributed by atoms with E-state index in [4.69, 9.17) is 5.26 Å². The molecule has 0 aromatic rings. The van der Waals surface area contributed by atoms with Gasteiger partial charge in [0.2, 0.25) is 0 Å². The molecule has 0 aliphatic heterocycles. The predicted molar refractivity (Wildman–Crippen MR) is 83.1 cm³/mol. The molecule has 0 saturated heterocycles. The van der Waals surface area contributed by atoms with Crippen molar-refractivity contribution in [2.45, 2.75) is 72.4 Å². The van der Waals surface area contributed by atoms with Crippen molar-refractivity contribution in [3.63, 3.8) is 0 Å². The maximum Gasteiger partial charge on any atom is 0.0965 e. The van der Waals surface area contributed by atoms with E-state index in [2.05, 4.69) is 50.9 Å². The van der Waals surface area contributed by atoms with Crippen molar-refractivity contribution in [3.8, 4) is 6.07 Å². The van der Waals surface area contributed by atoms with E-state index in [1.165, 1.54) is 12.8 Å². The van der Waals surface area contributed by atoms with Gasteiger partial charge in [-0.3, -0.25) is 0 Å². The molecule has 0 amide bonds. The lowest BCUT2D eigenvalue weighted by Gasteiger charge is -2.32. The Morgan fingerprint density at radius 2 is 1.79 bits per heavy atom. The van der Waals surface area contributed by atoms with Crippen LogP contribution in [-0.2, 0) is 0 Å². The number of hydrogen-bond acceptors (Lipinski definition) is 3. The minimum Gasteiger partial charge on any atom is -0.302 e. The smallest absolute Gasteiger partial charge is 0.0965 e. The lowest BCUT2D eigenvalue weighted by molar-refractivity contribution is 0.161. The molecule has 3 heteroatoms. The Hall–Kier alpha value is -0.590. The van der Waals surface area contributed by atoms with Gasteiger partial charge in [-0.25, -0.2) is 0 Å². The molecule has 0 radical (unpaired) electrons. The van der Waals surface area contributed by atoms with Crippen molar-refractivity contribution >= 4 is 0 Å². The summed E-state index contributed by atoms with van der Waals surface area (Å²) in [6.45, 7) is 14.3. The largest absolute Gasteiger partial charge is 0.302 e. The fourth-order valence-electron chi connectivity index (χ4n) is 2.52. The number of hydrogen-bond donors (Lipinski definition) is 1. The summed E-state index contributed by atoms with van der Waals surface area (Å²) in [6.07, 6.45) is 4.41. The standard InChI is InChI=1S/C16H33N3/c1-6-10-18-15(12-17)9-11-19(13-14(4)5)16(7-2)8-3/h14-16,18H,6-11,13H2,1-5H3. The summed E-state index contributed by atoms with van der Waals surface area (Å²) in [5.41, 5.74) is 0. The van der Waals surface area contributed by atoms with Gasteiger partial charge in [-0.05, 0) is 38.1 Å². The van der Waals surface area contributed by atoms with Gasteiger partial charge in [-0.15, -0.1) is 0 Å². The zero-order valence-electron chi connectivity index (χ0n) is 13.6. The average molecular weight is 267 g/mol. The second-order valence-corrected chi connectivity index (χ2v) is 5.78. The molecule has 0 saturated carbocycles. The lowest BCUT2D eigenvalue weighted by Crippen LogP contribution is -2.40. The Kier molecular flexibility index (Phi) is 10.9. The molecule has 1 unspecified atom stereocenters. The molecule has 1 atom stereocenters. The highest BCUT2D eigenvalue weighted by molar-refractivity contribution is 4.90.